The zero-order chi connectivity index (χ0) is 22.5. The van der Waals surface area contributed by atoms with Crippen LogP contribution in [-0.2, 0) is 6.54 Å². The summed E-state index contributed by atoms with van der Waals surface area (Å²) in [4.78, 5) is 15.6. The molecule has 1 atom stereocenters. The van der Waals surface area contributed by atoms with E-state index in [9.17, 15) is 9.90 Å². The van der Waals surface area contributed by atoms with E-state index in [2.05, 4.69) is 20.6 Å². The van der Waals surface area contributed by atoms with Gasteiger partial charge in [-0.3, -0.25) is 4.79 Å². The Morgan fingerprint density at radius 2 is 1.81 bits per heavy atom. The maximum absolute atomic E-state index is 13.2. The van der Waals surface area contributed by atoms with Crippen LogP contribution in [0.4, 0.5) is 0 Å². The van der Waals surface area contributed by atoms with Crippen LogP contribution >= 0.6 is 11.3 Å². The predicted octanol–water partition coefficient (Wildman–Crippen LogP) is 4.25. The van der Waals surface area contributed by atoms with Crippen LogP contribution in [0.1, 0.15) is 29.1 Å². The Labute approximate surface area is 190 Å². The third kappa shape index (κ3) is 4.61. The molecule has 0 aliphatic rings. The number of hydrogen-bond donors (Lipinski definition) is 2. The quantitative estimate of drug-likeness (QED) is 0.421. The second kappa shape index (κ2) is 9.84. The molecule has 2 heterocycles. The van der Waals surface area contributed by atoms with Crippen molar-refractivity contribution in [2.45, 2.75) is 26.4 Å². The Hall–Kier alpha value is -3.36. The Balaban J connectivity index is 1.61. The van der Waals surface area contributed by atoms with Gasteiger partial charge in [0.25, 0.3) is 5.91 Å². The number of carbonyl (C=O) groups is 1. The number of aliphatic hydroxyl groups excluding tert-OH is 1. The Bertz CT molecular complexity index is 1140. The summed E-state index contributed by atoms with van der Waals surface area (Å²) in [6.45, 7) is 4.39. The standard InChI is InChI=1S/C24H25N5O2S/c1-16(2)21(15-30)29(24(31)22-8-5-13-32-22)14-17-9-11-18(12-10-17)19-6-3-4-7-20(19)23-25-27-28-26-23/h3-13,16,21,30H,14-15H2,1-2H3,(H,25,26,27,28)/t21-/m1/s1. The van der Waals surface area contributed by atoms with Crippen molar-refractivity contribution in [3.63, 3.8) is 0 Å². The normalized spacial score (nSPS) is 12.1. The van der Waals surface area contributed by atoms with Crippen LogP contribution in [0, 0.1) is 5.92 Å². The minimum absolute atomic E-state index is 0.0556. The summed E-state index contributed by atoms with van der Waals surface area (Å²) in [5.41, 5.74) is 3.95. The summed E-state index contributed by atoms with van der Waals surface area (Å²) < 4.78 is 0. The van der Waals surface area contributed by atoms with Crippen molar-refractivity contribution in [2.75, 3.05) is 6.61 Å². The molecule has 0 radical (unpaired) electrons. The SMILES string of the molecule is CC(C)[C@@H](CO)N(Cc1ccc(-c2ccccc2-c2nnn[nH]2)cc1)C(=O)c1cccs1. The van der Waals surface area contributed by atoms with Crippen molar-refractivity contribution in [1.82, 2.24) is 25.5 Å². The topological polar surface area (TPSA) is 95.0 Å². The van der Waals surface area contributed by atoms with Crippen molar-refractivity contribution < 1.29 is 9.90 Å². The van der Waals surface area contributed by atoms with E-state index in [1.165, 1.54) is 11.3 Å². The van der Waals surface area contributed by atoms with Gasteiger partial charge in [0.05, 0.1) is 17.5 Å². The third-order valence-electron chi connectivity index (χ3n) is 5.50. The number of nitrogens with zero attached hydrogens (tertiary/aromatic N) is 4. The molecule has 0 fully saturated rings. The molecule has 4 aromatic rings. The molecule has 8 heteroatoms. The summed E-state index contributed by atoms with van der Waals surface area (Å²) in [6, 6.07) is 19.5. The van der Waals surface area contributed by atoms with Crippen molar-refractivity contribution >= 4 is 17.2 Å². The van der Waals surface area contributed by atoms with Crippen molar-refractivity contribution in [1.29, 1.82) is 0 Å². The summed E-state index contributed by atoms with van der Waals surface area (Å²) in [5, 5.41) is 26.1. The molecule has 2 aromatic heterocycles. The van der Waals surface area contributed by atoms with Gasteiger partial charge in [-0.15, -0.1) is 16.4 Å². The second-order valence-corrected chi connectivity index (χ2v) is 8.84. The number of rotatable bonds is 8. The lowest BCUT2D eigenvalue weighted by Gasteiger charge is -2.33. The second-order valence-electron chi connectivity index (χ2n) is 7.90. The average molecular weight is 448 g/mol. The lowest BCUT2D eigenvalue weighted by molar-refractivity contribution is 0.0487. The molecule has 0 bridgehead atoms. The maximum Gasteiger partial charge on any atom is 0.264 e. The van der Waals surface area contributed by atoms with Crippen LogP contribution in [0.3, 0.4) is 0 Å². The van der Waals surface area contributed by atoms with Crippen LogP contribution in [-0.4, -0.2) is 49.2 Å². The largest absolute Gasteiger partial charge is 0.394 e. The number of aliphatic hydroxyl groups is 1. The minimum Gasteiger partial charge on any atom is -0.394 e. The molecule has 0 saturated carbocycles. The van der Waals surface area contributed by atoms with Crippen molar-refractivity contribution in [2.24, 2.45) is 5.92 Å². The molecular weight excluding hydrogens is 422 g/mol. The first-order chi connectivity index (χ1) is 15.6. The van der Waals surface area contributed by atoms with Crippen LogP contribution in [0.15, 0.2) is 66.0 Å². The molecular formula is C24H25N5O2S. The van der Waals surface area contributed by atoms with Crippen molar-refractivity contribution in [3.05, 3.63) is 76.5 Å². The minimum atomic E-state index is -0.260. The third-order valence-corrected chi connectivity index (χ3v) is 6.35. The average Bonchev–Trinajstić information content (AvgIpc) is 3.53. The number of hydrogen-bond acceptors (Lipinski definition) is 6. The molecule has 32 heavy (non-hydrogen) atoms. The number of tetrazole rings is 1. The number of carbonyl (C=O) groups excluding carboxylic acids is 1. The summed E-state index contributed by atoms with van der Waals surface area (Å²) >= 11 is 1.42. The highest BCUT2D eigenvalue weighted by Crippen LogP contribution is 2.30. The fraction of sp³-hybridized carbons (Fsp3) is 0.250. The van der Waals surface area contributed by atoms with Gasteiger partial charge in [0, 0.05) is 12.1 Å². The van der Waals surface area contributed by atoms with Gasteiger partial charge in [-0.1, -0.05) is 68.4 Å². The number of thiophene rings is 1. The number of aromatic amines is 1. The van der Waals surface area contributed by atoms with Crippen LogP contribution in [0.25, 0.3) is 22.5 Å². The Kier molecular flexibility index (Phi) is 6.72. The molecule has 4 rings (SSSR count). The number of benzene rings is 2. The van der Waals surface area contributed by atoms with Gasteiger partial charge < -0.3 is 10.0 Å². The molecule has 2 N–H and O–H groups in total. The highest BCUT2D eigenvalue weighted by molar-refractivity contribution is 7.12. The molecule has 164 valence electrons. The van der Waals surface area contributed by atoms with E-state index in [0.717, 1.165) is 22.3 Å². The number of H-pyrrole nitrogens is 1. The van der Waals surface area contributed by atoms with E-state index in [-0.39, 0.29) is 24.5 Å². The smallest absolute Gasteiger partial charge is 0.264 e. The van der Waals surface area contributed by atoms with Gasteiger partial charge in [-0.2, -0.15) is 0 Å². The lowest BCUT2D eigenvalue weighted by Crippen LogP contribution is -2.44. The first kappa shape index (κ1) is 21.9. The first-order valence-electron chi connectivity index (χ1n) is 10.5. The van der Waals surface area contributed by atoms with E-state index in [1.807, 2.05) is 79.9 Å². The monoisotopic (exact) mass is 447 g/mol. The van der Waals surface area contributed by atoms with Crippen LogP contribution in [0.2, 0.25) is 0 Å². The molecule has 0 unspecified atom stereocenters. The fourth-order valence-corrected chi connectivity index (χ4v) is 4.43. The van der Waals surface area contributed by atoms with Gasteiger partial charge in [-0.05, 0) is 44.5 Å². The fourth-order valence-electron chi connectivity index (χ4n) is 3.75. The van der Waals surface area contributed by atoms with Crippen molar-refractivity contribution in [3.8, 4) is 22.5 Å². The highest BCUT2D eigenvalue weighted by Gasteiger charge is 2.27. The number of nitrogens with one attached hydrogen (secondary N) is 1. The molecule has 0 saturated heterocycles. The molecule has 2 aromatic carbocycles. The summed E-state index contributed by atoms with van der Waals surface area (Å²) in [7, 11) is 0. The van der Waals surface area contributed by atoms with E-state index in [0.29, 0.717) is 17.2 Å². The van der Waals surface area contributed by atoms with E-state index in [1.54, 1.807) is 4.90 Å². The van der Waals surface area contributed by atoms with E-state index >= 15 is 0 Å². The molecule has 0 aliphatic heterocycles. The van der Waals surface area contributed by atoms with Crippen LogP contribution in [0.5, 0.6) is 0 Å². The molecule has 0 spiro atoms. The van der Waals surface area contributed by atoms with E-state index < -0.39 is 0 Å². The van der Waals surface area contributed by atoms with Crippen LogP contribution < -0.4 is 0 Å². The summed E-state index contributed by atoms with van der Waals surface area (Å²) in [5.74, 6) is 0.686. The zero-order valence-corrected chi connectivity index (χ0v) is 18.8. The van der Waals surface area contributed by atoms with E-state index in [4.69, 9.17) is 0 Å². The number of aromatic nitrogens is 4. The maximum atomic E-state index is 13.2. The Morgan fingerprint density at radius 1 is 1.06 bits per heavy atom. The Morgan fingerprint density at radius 3 is 2.41 bits per heavy atom. The van der Waals surface area contributed by atoms with Gasteiger partial charge in [-0.25, -0.2) is 5.10 Å². The van der Waals surface area contributed by atoms with Gasteiger partial charge in [0.2, 0.25) is 0 Å². The van der Waals surface area contributed by atoms with Gasteiger partial charge in [0.1, 0.15) is 0 Å². The summed E-state index contributed by atoms with van der Waals surface area (Å²) in [6.07, 6.45) is 0. The molecule has 7 nitrogen and oxygen atoms in total. The van der Waals surface area contributed by atoms with Gasteiger partial charge in [0.15, 0.2) is 5.82 Å². The lowest BCUT2D eigenvalue weighted by atomic mass is 9.97. The van der Waals surface area contributed by atoms with Gasteiger partial charge >= 0.3 is 0 Å². The predicted molar refractivity (Wildman–Crippen MR) is 125 cm³/mol. The zero-order valence-electron chi connectivity index (χ0n) is 18.0. The first-order valence-corrected chi connectivity index (χ1v) is 11.3. The number of amides is 1. The molecule has 0 aliphatic carbocycles. The highest BCUT2D eigenvalue weighted by atomic mass is 32.1. The molecule has 1 amide bonds.